The van der Waals surface area contributed by atoms with Crippen LogP contribution in [-0.2, 0) is 4.79 Å². The molecule has 130 valence electrons. The summed E-state index contributed by atoms with van der Waals surface area (Å²) in [6.45, 7) is 0. The molecule has 0 aliphatic heterocycles. The van der Waals surface area contributed by atoms with Crippen LogP contribution in [0.25, 0.3) is 0 Å². The van der Waals surface area contributed by atoms with Crippen LogP contribution in [0.2, 0.25) is 0 Å². The summed E-state index contributed by atoms with van der Waals surface area (Å²) in [5.74, 6) is -0.773. The fourth-order valence-corrected chi connectivity index (χ4v) is 3.33. The van der Waals surface area contributed by atoms with Gasteiger partial charge in [0.25, 0.3) is 11.8 Å². The Morgan fingerprint density at radius 3 is 2.12 bits per heavy atom. The number of pyridine rings is 1. The normalized spacial score (nSPS) is 11.4. The fraction of sp³-hybridized carbons (Fsp3) is 0.0500. The minimum Gasteiger partial charge on any atom is -0.272 e. The van der Waals surface area contributed by atoms with E-state index in [1.54, 1.807) is 18.2 Å². The molecule has 0 aliphatic rings. The largest absolute Gasteiger partial charge is 0.288 e. The molecule has 3 aromatic rings. The SMILES string of the molecule is O=C(NNC(=O)[C@H](Sc1ccccc1)c1ccccc1)c1ccccn1. The first-order chi connectivity index (χ1) is 12.7. The number of thioether (sulfide) groups is 1. The van der Waals surface area contributed by atoms with Crippen molar-refractivity contribution in [3.63, 3.8) is 0 Å². The van der Waals surface area contributed by atoms with Gasteiger partial charge in [-0.25, -0.2) is 0 Å². The van der Waals surface area contributed by atoms with Crippen LogP contribution in [0.15, 0.2) is 90.0 Å². The molecule has 0 fully saturated rings. The van der Waals surface area contributed by atoms with Crippen molar-refractivity contribution in [3.8, 4) is 0 Å². The average molecular weight is 363 g/mol. The quantitative estimate of drug-likeness (QED) is 0.538. The van der Waals surface area contributed by atoms with Crippen molar-refractivity contribution >= 4 is 23.6 Å². The first-order valence-corrected chi connectivity index (χ1v) is 8.90. The molecule has 0 unspecified atom stereocenters. The molecular formula is C20H17N3O2S. The number of benzene rings is 2. The predicted molar refractivity (Wildman–Crippen MR) is 101 cm³/mol. The number of hydrazine groups is 1. The van der Waals surface area contributed by atoms with E-state index in [1.807, 2.05) is 60.7 Å². The Morgan fingerprint density at radius 2 is 1.46 bits per heavy atom. The second kappa shape index (κ2) is 8.82. The summed E-state index contributed by atoms with van der Waals surface area (Å²) in [6, 6.07) is 24.1. The Kier molecular flexibility index (Phi) is 6.01. The standard InChI is InChI=1S/C20H17N3O2S/c24-19(17-13-7-8-14-21-17)22-23-20(25)18(15-9-3-1-4-10-15)26-16-11-5-2-6-12-16/h1-14,18H,(H,22,24)(H,23,25)/t18-/m1/s1. The van der Waals surface area contributed by atoms with Crippen LogP contribution in [0.4, 0.5) is 0 Å². The van der Waals surface area contributed by atoms with Crippen LogP contribution in [0, 0.1) is 0 Å². The zero-order chi connectivity index (χ0) is 18.2. The van der Waals surface area contributed by atoms with Crippen molar-refractivity contribution in [2.75, 3.05) is 0 Å². The van der Waals surface area contributed by atoms with Gasteiger partial charge in [0.05, 0.1) is 0 Å². The summed E-state index contributed by atoms with van der Waals surface area (Å²) in [5.41, 5.74) is 6.01. The van der Waals surface area contributed by atoms with Gasteiger partial charge >= 0.3 is 0 Å². The van der Waals surface area contributed by atoms with E-state index in [9.17, 15) is 9.59 Å². The average Bonchev–Trinajstić information content (AvgIpc) is 2.72. The van der Waals surface area contributed by atoms with Gasteiger partial charge in [0.15, 0.2) is 0 Å². The molecule has 6 heteroatoms. The van der Waals surface area contributed by atoms with E-state index in [4.69, 9.17) is 0 Å². The monoisotopic (exact) mass is 363 g/mol. The van der Waals surface area contributed by atoms with Gasteiger partial charge in [0.2, 0.25) is 0 Å². The van der Waals surface area contributed by atoms with Gasteiger partial charge in [0, 0.05) is 11.1 Å². The van der Waals surface area contributed by atoms with Gasteiger partial charge in [-0.3, -0.25) is 25.4 Å². The van der Waals surface area contributed by atoms with Gasteiger partial charge in [-0.2, -0.15) is 0 Å². The lowest BCUT2D eigenvalue weighted by Crippen LogP contribution is -2.43. The van der Waals surface area contributed by atoms with Crippen molar-refractivity contribution in [3.05, 3.63) is 96.3 Å². The molecule has 2 aromatic carbocycles. The topological polar surface area (TPSA) is 71.1 Å². The Hall–Kier alpha value is -3.12. The third kappa shape index (κ3) is 4.70. The van der Waals surface area contributed by atoms with Gasteiger partial charge in [-0.05, 0) is 29.8 Å². The first-order valence-electron chi connectivity index (χ1n) is 8.02. The molecule has 2 amide bonds. The molecule has 0 aliphatic carbocycles. The van der Waals surface area contributed by atoms with Crippen LogP contribution in [0.5, 0.6) is 0 Å². The lowest BCUT2D eigenvalue weighted by Gasteiger charge is -2.17. The number of aromatic nitrogens is 1. The number of hydrogen-bond acceptors (Lipinski definition) is 4. The van der Waals surface area contributed by atoms with E-state index in [2.05, 4.69) is 15.8 Å². The van der Waals surface area contributed by atoms with E-state index in [-0.39, 0.29) is 11.6 Å². The number of carbonyl (C=O) groups excluding carboxylic acids is 2. The van der Waals surface area contributed by atoms with E-state index >= 15 is 0 Å². The highest BCUT2D eigenvalue weighted by atomic mass is 32.2. The number of carbonyl (C=O) groups is 2. The van der Waals surface area contributed by atoms with E-state index < -0.39 is 11.2 Å². The van der Waals surface area contributed by atoms with Crippen LogP contribution < -0.4 is 10.9 Å². The van der Waals surface area contributed by atoms with E-state index in [1.165, 1.54) is 18.0 Å². The molecule has 2 N–H and O–H groups in total. The first kappa shape index (κ1) is 17.7. The molecule has 1 aromatic heterocycles. The number of amides is 2. The molecular weight excluding hydrogens is 346 g/mol. The summed E-state index contributed by atoms with van der Waals surface area (Å²) < 4.78 is 0. The molecule has 5 nitrogen and oxygen atoms in total. The number of nitrogens with zero attached hydrogens (tertiary/aromatic N) is 1. The van der Waals surface area contributed by atoms with Crippen LogP contribution in [0.3, 0.4) is 0 Å². The summed E-state index contributed by atoms with van der Waals surface area (Å²) in [4.78, 5) is 29.7. The highest BCUT2D eigenvalue weighted by molar-refractivity contribution is 8.00. The van der Waals surface area contributed by atoms with E-state index in [0.717, 1.165) is 10.5 Å². The van der Waals surface area contributed by atoms with E-state index in [0.29, 0.717) is 0 Å². The molecule has 1 atom stereocenters. The maximum absolute atomic E-state index is 12.7. The molecule has 1 heterocycles. The van der Waals surface area contributed by atoms with Gasteiger partial charge in [0.1, 0.15) is 10.9 Å². The Labute approximate surface area is 155 Å². The highest BCUT2D eigenvalue weighted by Gasteiger charge is 2.22. The summed E-state index contributed by atoms with van der Waals surface area (Å²) >= 11 is 1.42. The van der Waals surface area contributed by atoms with Gasteiger partial charge in [-0.15, -0.1) is 11.8 Å². The van der Waals surface area contributed by atoms with Crippen molar-refractivity contribution in [2.45, 2.75) is 10.1 Å². The lowest BCUT2D eigenvalue weighted by molar-refractivity contribution is -0.121. The molecule has 0 saturated carbocycles. The van der Waals surface area contributed by atoms with Crippen molar-refractivity contribution in [1.29, 1.82) is 0 Å². The number of nitrogens with one attached hydrogen (secondary N) is 2. The van der Waals surface area contributed by atoms with Crippen molar-refractivity contribution < 1.29 is 9.59 Å². The Morgan fingerprint density at radius 1 is 0.808 bits per heavy atom. The van der Waals surface area contributed by atoms with Crippen molar-refractivity contribution in [2.24, 2.45) is 0 Å². The zero-order valence-corrected chi connectivity index (χ0v) is 14.6. The minimum atomic E-state index is -0.498. The zero-order valence-electron chi connectivity index (χ0n) is 13.8. The number of rotatable bonds is 5. The van der Waals surface area contributed by atoms with Crippen LogP contribution >= 0.6 is 11.8 Å². The smallest absolute Gasteiger partial charge is 0.272 e. The summed E-state index contributed by atoms with van der Waals surface area (Å²) in [6.07, 6.45) is 1.52. The second-order valence-corrected chi connectivity index (χ2v) is 6.56. The Balaban J connectivity index is 1.72. The van der Waals surface area contributed by atoms with Crippen LogP contribution in [0.1, 0.15) is 21.3 Å². The summed E-state index contributed by atoms with van der Waals surface area (Å²) in [5, 5.41) is -0.498. The summed E-state index contributed by atoms with van der Waals surface area (Å²) in [7, 11) is 0. The maximum atomic E-state index is 12.7. The second-order valence-electron chi connectivity index (χ2n) is 5.38. The molecule has 3 rings (SSSR count). The molecule has 0 radical (unpaired) electrons. The predicted octanol–water partition coefficient (Wildman–Crippen LogP) is 3.38. The van der Waals surface area contributed by atoms with Gasteiger partial charge in [-0.1, -0.05) is 54.6 Å². The Bertz CT molecular complexity index is 858. The molecule has 0 spiro atoms. The molecule has 0 bridgehead atoms. The van der Waals surface area contributed by atoms with Gasteiger partial charge < -0.3 is 0 Å². The molecule has 0 saturated heterocycles. The highest BCUT2D eigenvalue weighted by Crippen LogP contribution is 2.35. The maximum Gasteiger partial charge on any atom is 0.288 e. The fourth-order valence-electron chi connectivity index (χ4n) is 2.28. The third-order valence-electron chi connectivity index (χ3n) is 3.53. The third-order valence-corrected chi connectivity index (χ3v) is 4.80. The van der Waals surface area contributed by atoms with Crippen molar-refractivity contribution in [1.82, 2.24) is 15.8 Å². The van der Waals surface area contributed by atoms with Crippen LogP contribution in [-0.4, -0.2) is 16.8 Å². The number of hydrogen-bond donors (Lipinski definition) is 2. The molecule has 26 heavy (non-hydrogen) atoms. The minimum absolute atomic E-state index is 0.236. The lowest BCUT2D eigenvalue weighted by atomic mass is 10.1.